The maximum atomic E-state index is 12.2. The molecule has 0 heterocycles. The Hall–Kier alpha value is -9.52. The van der Waals surface area contributed by atoms with Crippen molar-refractivity contribution in [1.82, 2.24) is 0 Å². The van der Waals surface area contributed by atoms with Crippen molar-refractivity contribution in [3.8, 4) is 28.7 Å². The van der Waals surface area contributed by atoms with Crippen LogP contribution in [0.2, 0.25) is 25.1 Å². The SMILES string of the molecule is CCCCc1cccc(NC(=O)c2cc(Cl)ccc2O)c1.CCCc1cccc(NC(=O)c2cc(Cl)ccc2O)c1.CCc1cc(C)cc(NC(=O)c2cc(Cl)ccc2O)c1.CCc1cccc(NC(=O)c2cc(Cl)ccc2O)c1.O=C(Nc1cccc(Br)c1)c1cc(Cl)ccc1O. The van der Waals surface area contributed by atoms with E-state index in [0.717, 1.165) is 66.1 Å². The third-order valence-electron chi connectivity index (χ3n) is 14.2. The first kappa shape index (κ1) is 77.5. The molecule has 0 aliphatic carbocycles. The van der Waals surface area contributed by atoms with Crippen molar-refractivity contribution in [2.24, 2.45) is 0 Å². The molecule has 0 atom stereocenters. The van der Waals surface area contributed by atoms with Crippen molar-refractivity contribution >= 4 is 132 Å². The lowest BCUT2D eigenvalue weighted by Crippen LogP contribution is -2.12. The fraction of sp³-hybridized carbons (Fsp3) is 0.156. The number of rotatable bonds is 17. The third kappa shape index (κ3) is 25.2. The van der Waals surface area contributed by atoms with E-state index in [2.05, 4.69) is 69.4 Å². The molecule has 21 heteroatoms. The molecule has 0 unspecified atom stereocenters. The summed E-state index contributed by atoms with van der Waals surface area (Å²) in [4.78, 5) is 60.5. The van der Waals surface area contributed by atoms with Gasteiger partial charge in [0, 0.05) is 58.0 Å². The number of carbonyl (C=O) groups excluding carboxylic acids is 5. The van der Waals surface area contributed by atoms with Crippen LogP contribution in [0.25, 0.3) is 0 Å². The van der Waals surface area contributed by atoms with Gasteiger partial charge in [0.05, 0.1) is 27.8 Å². The molecule has 0 spiro atoms. The number of nitrogens with one attached hydrogen (secondary N) is 5. The van der Waals surface area contributed by atoms with E-state index < -0.39 is 5.91 Å². The molecule has 0 saturated heterocycles. The molecule has 10 aromatic carbocycles. The van der Waals surface area contributed by atoms with E-state index in [4.69, 9.17) is 58.0 Å². The molecule has 0 aliphatic rings. The van der Waals surface area contributed by atoms with Gasteiger partial charge in [-0.3, -0.25) is 24.0 Å². The molecule has 98 heavy (non-hydrogen) atoms. The van der Waals surface area contributed by atoms with E-state index in [0.29, 0.717) is 53.6 Å². The van der Waals surface area contributed by atoms with Crippen LogP contribution in [0.3, 0.4) is 0 Å². The normalized spacial score (nSPS) is 10.3. The van der Waals surface area contributed by atoms with Crippen molar-refractivity contribution in [2.75, 3.05) is 26.6 Å². The molecule has 0 saturated carbocycles. The number of phenols is 5. The summed E-state index contributed by atoms with van der Waals surface area (Å²) in [5, 5.41) is 64.2. The van der Waals surface area contributed by atoms with Crippen LogP contribution in [0, 0.1) is 6.92 Å². The van der Waals surface area contributed by atoms with Crippen LogP contribution in [0.15, 0.2) is 211 Å². The lowest BCUT2D eigenvalue weighted by Gasteiger charge is -2.09. The van der Waals surface area contributed by atoms with Crippen LogP contribution in [0.5, 0.6) is 28.7 Å². The van der Waals surface area contributed by atoms with Gasteiger partial charge in [0.2, 0.25) is 0 Å². The monoisotopic (exact) mass is 1480 g/mol. The van der Waals surface area contributed by atoms with E-state index in [1.165, 1.54) is 96.1 Å². The third-order valence-corrected chi connectivity index (χ3v) is 15.9. The number of hydrogen-bond donors (Lipinski definition) is 10. The Morgan fingerprint density at radius 2 is 0.622 bits per heavy atom. The van der Waals surface area contributed by atoms with Crippen LogP contribution in [0.4, 0.5) is 28.4 Å². The topological polar surface area (TPSA) is 247 Å². The number of halogens is 6. The highest BCUT2D eigenvalue weighted by molar-refractivity contribution is 9.10. The number of anilines is 5. The van der Waals surface area contributed by atoms with Gasteiger partial charge in [0.1, 0.15) is 28.7 Å². The molecular formula is C77H73BrCl5N5O10. The Kier molecular flexibility index (Phi) is 30.9. The molecule has 10 N–H and O–H groups in total. The van der Waals surface area contributed by atoms with E-state index in [-0.39, 0.29) is 80.2 Å². The summed E-state index contributed by atoms with van der Waals surface area (Å²) in [5.41, 5.74) is 9.98. The second-order valence-electron chi connectivity index (χ2n) is 22.0. The van der Waals surface area contributed by atoms with Gasteiger partial charge in [-0.05, 0) is 225 Å². The molecule has 10 aromatic rings. The number of hydrogen-bond acceptors (Lipinski definition) is 10. The minimum Gasteiger partial charge on any atom is -0.507 e. The Morgan fingerprint density at radius 1 is 0.327 bits per heavy atom. The average molecular weight is 1490 g/mol. The van der Waals surface area contributed by atoms with Crippen LogP contribution in [-0.2, 0) is 25.7 Å². The van der Waals surface area contributed by atoms with Crippen LogP contribution < -0.4 is 26.6 Å². The fourth-order valence-electron chi connectivity index (χ4n) is 9.30. The van der Waals surface area contributed by atoms with Gasteiger partial charge in [-0.1, -0.05) is 163 Å². The van der Waals surface area contributed by atoms with Crippen molar-refractivity contribution in [3.63, 3.8) is 0 Å². The average Bonchev–Trinajstić information content (AvgIpc) is 0.962. The number of benzene rings is 10. The number of unbranched alkanes of at least 4 members (excludes halogenated alkanes) is 1. The van der Waals surface area contributed by atoms with Crippen molar-refractivity contribution in [2.45, 2.75) is 79.6 Å². The highest BCUT2D eigenvalue weighted by Crippen LogP contribution is 2.29. The van der Waals surface area contributed by atoms with Crippen LogP contribution in [0.1, 0.15) is 127 Å². The highest BCUT2D eigenvalue weighted by atomic mass is 79.9. The quantitative estimate of drug-likeness (QED) is 0.0413. The van der Waals surface area contributed by atoms with E-state index >= 15 is 0 Å². The summed E-state index contributed by atoms with van der Waals surface area (Å²) >= 11 is 32.5. The predicted octanol–water partition coefficient (Wildman–Crippen LogP) is 21.0. The van der Waals surface area contributed by atoms with Crippen molar-refractivity contribution in [3.05, 3.63) is 291 Å². The first-order valence-electron chi connectivity index (χ1n) is 31.0. The first-order chi connectivity index (χ1) is 46.8. The predicted molar refractivity (Wildman–Crippen MR) is 401 cm³/mol. The zero-order valence-corrected chi connectivity index (χ0v) is 59.5. The maximum Gasteiger partial charge on any atom is 0.259 e. The largest absolute Gasteiger partial charge is 0.507 e. The van der Waals surface area contributed by atoms with Gasteiger partial charge in [-0.15, -0.1) is 0 Å². The first-order valence-corrected chi connectivity index (χ1v) is 33.7. The Labute approximate surface area is 603 Å². The lowest BCUT2D eigenvalue weighted by atomic mass is 10.1. The molecule has 10 rings (SSSR count). The Morgan fingerprint density at radius 3 is 0.949 bits per heavy atom. The summed E-state index contributed by atoms with van der Waals surface area (Å²) in [6.07, 6.45) is 7.04. The fourth-order valence-corrected chi connectivity index (χ4v) is 10.6. The van der Waals surface area contributed by atoms with Crippen LogP contribution >= 0.6 is 73.9 Å². The minimum atomic E-state index is -0.409. The maximum absolute atomic E-state index is 12.2. The van der Waals surface area contributed by atoms with E-state index in [9.17, 15) is 49.5 Å². The Bertz CT molecular complexity index is 4420. The summed E-state index contributed by atoms with van der Waals surface area (Å²) in [6, 6.07) is 58.0. The molecule has 508 valence electrons. The van der Waals surface area contributed by atoms with Gasteiger partial charge in [0.25, 0.3) is 29.5 Å². The number of aryl methyl sites for hydroxylation is 5. The number of aromatic hydroxyl groups is 5. The van der Waals surface area contributed by atoms with Gasteiger partial charge >= 0.3 is 0 Å². The van der Waals surface area contributed by atoms with Crippen molar-refractivity contribution < 1.29 is 49.5 Å². The standard InChI is InChI=1S/C17H18ClNO2.2C16H16ClNO2.C15H14ClNO2.C13H9BrClNO2/c1-2-3-5-12-6-4-7-14(10-12)19-17(21)15-11-13(18)8-9-16(15)20;1-3-11-6-10(2)7-13(8-11)18-16(20)14-9-12(17)4-5-15(14)19;1-2-4-11-5-3-6-13(9-11)18-16(20)14-10-12(17)7-8-15(14)19;1-2-10-4-3-5-12(8-10)17-15(19)13-9-11(16)6-7-14(13)18;14-8-2-1-3-10(6-8)16-13(18)11-7-9(15)4-5-12(11)17/h4,6-11,20H,2-3,5H2,1H3,(H,19,21);4-9,19H,3H2,1-2H3,(H,18,20);3,5-10,19H,2,4H2,1H3,(H,18,20);3-9,18H,2H2,1H3,(H,17,19);1-7,17H,(H,16,18). The lowest BCUT2D eigenvalue weighted by molar-refractivity contribution is 0.101. The van der Waals surface area contributed by atoms with Gasteiger partial charge in [-0.25, -0.2) is 0 Å². The highest BCUT2D eigenvalue weighted by Gasteiger charge is 2.17. The van der Waals surface area contributed by atoms with Gasteiger partial charge in [0.15, 0.2) is 0 Å². The van der Waals surface area contributed by atoms with E-state index in [1.807, 2.05) is 98.8 Å². The second-order valence-corrected chi connectivity index (χ2v) is 25.1. The smallest absolute Gasteiger partial charge is 0.259 e. The Balaban J connectivity index is 0.000000193. The summed E-state index contributed by atoms with van der Waals surface area (Å²) in [7, 11) is 0. The van der Waals surface area contributed by atoms with Crippen LogP contribution in [-0.4, -0.2) is 55.1 Å². The number of phenolic OH excluding ortho intramolecular Hbond substituents is 5. The molecule has 0 aromatic heterocycles. The summed E-state index contributed by atoms with van der Waals surface area (Å²) in [5.74, 6) is -2.37. The molecule has 5 amide bonds. The molecular weight excluding hydrogens is 1410 g/mol. The second kappa shape index (κ2) is 39.0. The molecule has 0 fully saturated rings. The van der Waals surface area contributed by atoms with Gasteiger partial charge in [-0.2, -0.15) is 0 Å². The molecule has 0 radical (unpaired) electrons. The van der Waals surface area contributed by atoms with Gasteiger partial charge < -0.3 is 52.1 Å². The zero-order valence-electron chi connectivity index (χ0n) is 54.1. The summed E-state index contributed by atoms with van der Waals surface area (Å²) in [6.45, 7) is 10.3. The molecule has 0 aliphatic heterocycles. The molecule has 15 nitrogen and oxygen atoms in total. The number of carbonyl (C=O) groups is 5. The summed E-state index contributed by atoms with van der Waals surface area (Å²) < 4.78 is 0.857. The molecule has 0 bridgehead atoms. The zero-order chi connectivity index (χ0) is 71.4. The minimum absolute atomic E-state index is 0.0842. The van der Waals surface area contributed by atoms with E-state index in [1.54, 1.807) is 30.3 Å². The van der Waals surface area contributed by atoms with Crippen molar-refractivity contribution in [1.29, 1.82) is 0 Å². The number of amides is 5.